The highest BCUT2D eigenvalue weighted by molar-refractivity contribution is 5.82. The molecular formula is C22H24N2O2. The van der Waals surface area contributed by atoms with Crippen molar-refractivity contribution in [3.05, 3.63) is 70.8 Å². The molecule has 1 fully saturated rings. The van der Waals surface area contributed by atoms with Crippen molar-refractivity contribution in [1.82, 2.24) is 10.6 Å². The first-order valence-electron chi connectivity index (χ1n) is 9.59. The summed E-state index contributed by atoms with van der Waals surface area (Å²) in [6.07, 6.45) is 1.10. The third-order valence-corrected chi connectivity index (χ3v) is 6.20. The molecule has 1 heterocycles. The van der Waals surface area contributed by atoms with E-state index in [4.69, 9.17) is 4.74 Å². The quantitative estimate of drug-likeness (QED) is 0.895. The SMILES string of the molecule is O=C(NCC1CC2c3ccccc3C1c1ccccc12)C1COCCN1. The van der Waals surface area contributed by atoms with Gasteiger partial charge in [-0.2, -0.15) is 0 Å². The summed E-state index contributed by atoms with van der Waals surface area (Å²) in [6.45, 7) is 2.62. The molecule has 0 radical (unpaired) electrons. The van der Waals surface area contributed by atoms with Crippen LogP contribution in [-0.4, -0.2) is 38.3 Å². The number of ether oxygens (including phenoxy) is 1. The molecule has 2 N–H and O–H groups in total. The first kappa shape index (κ1) is 16.0. The minimum Gasteiger partial charge on any atom is -0.378 e. The van der Waals surface area contributed by atoms with Gasteiger partial charge in [-0.1, -0.05) is 48.5 Å². The summed E-state index contributed by atoms with van der Waals surface area (Å²) in [6, 6.07) is 17.5. The second-order valence-electron chi connectivity index (χ2n) is 7.61. The van der Waals surface area contributed by atoms with Crippen LogP contribution < -0.4 is 10.6 Å². The Morgan fingerprint density at radius 1 is 1.04 bits per heavy atom. The van der Waals surface area contributed by atoms with Crippen molar-refractivity contribution in [1.29, 1.82) is 0 Å². The molecule has 1 aliphatic heterocycles. The van der Waals surface area contributed by atoms with Gasteiger partial charge in [0.1, 0.15) is 6.04 Å². The highest BCUT2D eigenvalue weighted by Crippen LogP contribution is 2.55. The molecule has 2 bridgehead atoms. The Morgan fingerprint density at radius 2 is 1.69 bits per heavy atom. The molecule has 0 saturated carbocycles. The Hall–Kier alpha value is -2.17. The highest BCUT2D eigenvalue weighted by atomic mass is 16.5. The van der Waals surface area contributed by atoms with Crippen LogP contribution in [0.25, 0.3) is 0 Å². The lowest BCUT2D eigenvalue weighted by Crippen LogP contribution is -2.52. The average Bonchev–Trinajstić information content (AvgIpc) is 2.73. The maximum Gasteiger partial charge on any atom is 0.239 e. The number of carbonyl (C=O) groups is 1. The predicted molar refractivity (Wildman–Crippen MR) is 100 cm³/mol. The summed E-state index contributed by atoms with van der Waals surface area (Å²) in [5, 5.41) is 6.42. The molecule has 2 aromatic rings. The van der Waals surface area contributed by atoms with Crippen molar-refractivity contribution in [2.45, 2.75) is 24.3 Å². The lowest BCUT2D eigenvalue weighted by molar-refractivity contribution is -0.126. The summed E-state index contributed by atoms with van der Waals surface area (Å²) in [5.41, 5.74) is 5.84. The Kier molecular flexibility index (Phi) is 4.03. The van der Waals surface area contributed by atoms with Gasteiger partial charge in [0.05, 0.1) is 13.2 Å². The normalized spacial score (nSPS) is 28.9. The van der Waals surface area contributed by atoms with Gasteiger partial charge >= 0.3 is 0 Å². The molecule has 4 nitrogen and oxygen atoms in total. The molecule has 2 aromatic carbocycles. The van der Waals surface area contributed by atoms with Gasteiger partial charge in [0.25, 0.3) is 0 Å². The van der Waals surface area contributed by atoms with E-state index in [0.717, 1.165) is 19.5 Å². The van der Waals surface area contributed by atoms with E-state index in [-0.39, 0.29) is 11.9 Å². The van der Waals surface area contributed by atoms with Crippen molar-refractivity contribution >= 4 is 5.91 Å². The smallest absolute Gasteiger partial charge is 0.239 e. The van der Waals surface area contributed by atoms with Crippen molar-refractivity contribution in [3.63, 3.8) is 0 Å². The van der Waals surface area contributed by atoms with Crippen LogP contribution in [-0.2, 0) is 9.53 Å². The predicted octanol–water partition coefficient (Wildman–Crippen LogP) is 2.39. The van der Waals surface area contributed by atoms with Crippen LogP contribution in [0.1, 0.15) is 40.5 Å². The van der Waals surface area contributed by atoms with Gasteiger partial charge in [0.2, 0.25) is 5.91 Å². The van der Waals surface area contributed by atoms with Crippen LogP contribution in [0.3, 0.4) is 0 Å². The van der Waals surface area contributed by atoms with E-state index < -0.39 is 0 Å². The number of rotatable bonds is 3. The van der Waals surface area contributed by atoms with Gasteiger partial charge in [0, 0.05) is 24.9 Å². The minimum absolute atomic E-state index is 0.0627. The number of fused-ring (bicyclic) bond motifs is 1. The Morgan fingerprint density at radius 3 is 2.31 bits per heavy atom. The maximum atomic E-state index is 12.5. The zero-order chi connectivity index (χ0) is 17.5. The third kappa shape index (κ3) is 2.56. The molecule has 26 heavy (non-hydrogen) atoms. The fraction of sp³-hybridized carbons (Fsp3) is 0.409. The standard InChI is InChI=1S/C22H24N2O2/c25-22(20-13-26-10-9-23-20)24-12-14-11-19-15-5-1-3-7-17(15)21(14)18-8-4-2-6-16(18)19/h1-8,14,19-21,23H,9-13H2,(H,24,25). The Labute approximate surface area is 153 Å². The van der Waals surface area contributed by atoms with E-state index in [0.29, 0.717) is 31.0 Å². The summed E-state index contributed by atoms with van der Waals surface area (Å²) in [7, 11) is 0. The molecule has 1 amide bonds. The number of benzene rings is 2. The molecular weight excluding hydrogens is 324 g/mol. The van der Waals surface area contributed by atoms with Gasteiger partial charge in [-0.05, 0) is 34.6 Å². The van der Waals surface area contributed by atoms with Crippen molar-refractivity contribution in [3.8, 4) is 0 Å². The number of morpholine rings is 1. The highest BCUT2D eigenvalue weighted by Gasteiger charge is 2.43. The van der Waals surface area contributed by atoms with E-state index in [1.165, 1.54) is 22.3 Å². The largest absolute Gasteiger partial charge is 0.378 e. The van der Waals surface area contributed by atoms with Gasteiger partial charge in [0.15, 0.2) is 0 Å². The lowest BCUT2D eigenvalue weighted by atomic mass is 9.59. The molecule has 6 rings (SSSR count). The molecule has 134 valence electrons. The Bertz CT molecular complexity index is 781. The fourth-order valence-electron chi connectivity index (χ4n) is 5.05. The molecule has 2 unspecified atom stereocenters. The van der Waals surface area contributed by atoms with Crippen LogP contribution >= 0.6 is 0 Å². The van der Waals surface area contributed by atoms with Gasteiger partial charge < -0.3 is 15.4 Å². The first-order chi connectivity index (χ1) is 12.8. The monoisotopic (exact) mass is 348 g/mol. The number of hydrogen-bond acceptors (Lipinski definition) is 3. The van der Waals surface area contributed by atoms with Crippen molar-refractivity contribution < 1.29 is 9.53 Å². The topological polar surface area (TPSA) is 50.4 Å². The van der Waals surface area contributed by atoms with E-state index in [1.54, 1.807) is 0 Å². The summed E-state index contributed by atoms with van der Waals surface area (Å²) in [5.74, 6) is 1.33. The van der Waals surface area contributed by atoms with Crippen molar-refractivity contribution in [2.75, 3.05) is 26.3 Å². The van der Waals surface area contributed by atoms with E-state index >= 15 is 0 Å². The van der Waals surface area contributed by atoms with E-state index in [1.807, 2.05) is 0 Å². The number of carbonyl (C=O) groups excluding carboxylic acids is 1. The number of nitrogens with one attached hydrogen (secondary N) is 2. The summed E-state index contributed by atoms with van der Waals surface area (Å²) in [4.78, 5) is 12.5. The molecule has 1 saturated heterocycles. The van der Waals surface area contributed by atoms with E-state index in [2.05, 4.69) is 59.2 Å². The molecule has 0 spiro atoms. The van der Waals surface area contributed by atoms with Crippen molar-refractivity contribution in [2.24, 2.45) is 5.92 Å². The molecule has 2 atom stereocenters. The van der Waals surface area contributed by atoms with Gasteiger partial charge in [-0.25, -0.2) is 0 Å². The summed E-state index contributed by atoms with van der Waals surface area (Å²) < 4.78 is 5.41. The van der Waals surface area contributed by atoms with Crippen LogP contribution in [0.2, 0.25) is 0 Å². The zero-order valence-corrected chi connectivity index (χ0v) is 14.8. The van der Waals surface area contributed by atoms with Gasteiger partial charge in [-0.15, -0.1) is 0 Å². The zero-order valence-electron chi connectivity index (χ0n) is 14.8. The second kappa shape index (κ2) is 6.53. The number of amides is 1. The average molecular weight is 348 g/mol. The molecule has 0 aromatic heterocycles. The summed E-state index contributed by atoms with van der Waals surface area (Å²) >= 11 is 0. The van der Waals surface area contributed by atoms with Crippen LogP contribution in [0.4, 0.5) is 0 Å². The molecule has 3 aliphatic carbocycles. The fourth-order valence-corrected chi connectivity index (χ4v) is 5.05. The van der Waals surface area contributed by atoms with Crippen LogP contribution in [0.5, 0.6) is 0 Å². The first-order valence-corrected chi connectivity index (χ1v) is 9.59. The maximum absolute atomic E-state index is 12.5. The van der Waals surface area contributed by atoms with E-state index in [9.17, 15) is 4.79 Å². The van der Waals surface area contributed by atoms with Crippen LogP contribution in [0, 0.1) is 5.92 Å². The Balaban J connectivity index is 1.39. The molecule has 4 aliphatic rings. The molecule has 4 heteroatoms. The lowest BCUT2D eigenvalue weighted by Gasteiger charge is -2.45. The minimum atomic E-state index is -0.218. The second-order valence-corrected chi connectivity index (χ2v) is 7.61. The number of hydrogen-bond donors (Lipinski definition) is 2. The van der Waals surface area contributed by atoms with Crippen LogP contribution in [0.15, 0.2) is 48.5 Å². The third-order valence-electron chi connectivity index (χ3n) is 6.20. The van der Waals surface area contributed by atoms with Gasteiger partial charge in [-0.3, -0.25) is 4.79 Å².